The zero-order chi connectivity index (χ0) is 14.1. The number of ether oxygens (including phenoxy) is 1. The summed E-state index contributed by atoms with van der Waals surface area (Å²) in [5.74, 6) is -0.697. The van der Waals surface area contributed by atoms with E-state index >= 15 is 0 Å². The van der Waals surface area contributed by atoms with E-state index in [4.69, 9.17) is 16.3 Å². The maximum atomic E-state index is 11.9. The first-order chi connectivity index (χ1) is 9.70. The van der Waals surface area contributed by atoms with E-state index in [9.17, 15) is 9.59 Å². The number of fused-ring (bicyclic) bond motifs is 1. The van der Waals surface area contributed by atoms with Crippen LogP contribution in [0.1, 0.15) is 18.1 Å². The Balaban J connectivity index is 2.03. The second-order valence-corrected chi connectivity index (χ2v) is 5.33. The van der Waals surface area contributed by atoms with Gasteiger partial charge >= 0.3 is 0 Å². The predicted octanol–water partition coefficient (Wildman–Crippen LogP) is 3.34. The third-order valence-electron chi connectivity index (χ3n) is 3.67. The van der Waals surface area contributed by atoms with Gasteiger partial charge in [0.1, 0.15) is 12.1 Å². The van der Waals surface area contributed by atoms with Crippen LogP contribution in [0.25, 0.3) is 10.8 Å². The summed E-state index contributed by atoms with van der Waals surface area (Å²) < 4.78 is 5.69. The van der Waals surface area contributed by atoms with Gasteiger partial charge in [0, 0.05) is 16.8 Å². The Bertz CT molecular complexity index is 675. The van der Waals surface area contributed by atoms with Crippen LogP contribution in [0.4, 0.5) is 0 Å². The van der Waals surface area contributed by atoms with Crippen molar-refractivity contribution in [1.82, 2.24) is 0 Å². The summed E-state index contributed by atoms with van der Waals surface area (Å²) in [5, 5.41) is 2.58. The second kappa shape index (κ2) is 5.35. The first-order valence-electron chi connectivity index (χ1n) is 6.47. The number of benzene rings is 2. The average Bonchev–Trinajstić information content (AvgIpc) is 2.47. The summed E-state index contributed by atoms with van der Waals surface area (Å²) in [4.78, 5) is 22.6. The fourth-order valence-corrected chi connectivity index (χ4v) is 2.90. The summed E-state index contributed by atoms with van der Waals surface area (Å²) in [7, 11) is 0. The third-order valence-corrected chi connectivity index (χ3v) is 3.99. The fourth-order valence-electron chi connectivity index (χ4n) is 2.61. The van der Waals surface area contributed by atoms with Crippen LogP contribution in [0.5, 0.6) is 0 Å². The quantitative estimate of drug-likeness (QED) is 0.629. The van der Waals surface area contributed by atoms with Crippen molar-refractivity contribution >= 4 is 34.4 Å². The lowest BCUT2D eigenvalue weighted by molar-refractivity contribution is -0.139. The number of halogens is 1. The highest BCUT2D eigenvalue weighted by Gasteiger charge is 2.30. The topological polar surface area (TPSA) is 43.4 Å². The average molecular weight is 289 g/mol. The van der Waals surface area contributed by atoms with Gasteiger partial charge in [-0.25, -0.2) is 0 Å². The maximum Gasteiger partial charge on any atom is 0.148 e. The monoisotopic (exact) mass is 288 g/mol. The fraction of sp³-hybridized carbons (Fsp3) is 0.250. The molecule has 2 aromatic carbocycles. The van der Waals surface area contributed by atoms with E-state index in [1.165, 1.54) is 0 Å². The molecule has 0 saturated carbocycles. The number of hydrogen-bond acceptors (Lipinski definition) is 3. The lowest BCUT2D eigenvalue weighted by Crippen LogP contribution is -2.30. The van der Waals surface area contributed by atoms with Gasteiger partial charge in [-0.1, -0.05) is 41.9 Å². The first kappa shape index (κ1) is 13.3. The molecular weight excluding hydrogens is 276 g/mol. The number of carbonyl (C=O) groups excluding carboxylic acids is 2. The Kier molecular flexibility index (Phi) is 3.55. The molecular formula is C16H13ClO3. The minimum absolute atomic E-state index is 0.0692. The molecule has 0 N–H and O–H groups in total. The van der Waals surface area contributed by atoms with Crippen LogP contribution < -0.4 is 0 Å². The van der Waals surface area contributed by atoms with Crippen molar-refractivity contribution in [3.8, 4) is 0 Å². The number of hydrogen-bond donors (Lipinski definition) is 0. The molecule has 0 radical (unpaired) electrons. The molecule has 20 heavy (non-hydrogen) atoms. The second-order valence-electron chi connectivity index (χ2n) is 4.92. The zero-order valence-electron chi connectivity index (χ0n) is 10.7. The molecule has 3 nitrogen and oxygen atoms in total. The van der Waals surface area contributed by atoms with Crippen LogP contribution >= 0.6 is 11.6 Å². The van der Waals surface area contributed by atoms with Gasteiger partial charge in [-0.15, -0.1) is 0 Å². The molecule has 0 bridgehead atoms. The van der Waals surface area contributed by atoms with Crippen LogP contribution in [0.2, 0.25) is 5.02 Å². The molecule has 2 unspecified atom stereocenters. The van der Waals surface area contributed by atoms with Crippen molar-refractivity contribution in [2.75, 3.05) is 6.61 Å². The number of Topliss-reactive ketones (excluding diaryl/α,β-unsaturated/α-hetero) is 1. The van der Waals surface area contributed by atoms with Gasteiger partial charge in [-0.05, 0) is 17.0 Å². The lowest BCUT2D eigenvalue weighted by atomic mass is 9.91. The maximum absolute atomic E-state index is 11.9. The SMILES string of the molecule is O=CC1COC(c2cccc3cccc(Cl)c23)CC1=O. The summed E-state index contributed by atoms with van der Waals surface area (Å²) in [6, 6.07) is 11.5. The molecule has 1 aliphatic rings. The highest BCUT2D eigenvalue weighted by molar-refractivity contribution is 6.35. The minimum Gasteiger partial charge on any atom is -0.372 e. The summed E-state index contributed by atoms with van der Waals surface area (Å²) in [5.41, 5.74) is 0.908. The van der Waals surface area contributed by atoms with Crippen molar-refractivity contribution < 1.29 is 14.3 Å². The van der Waals surface area contributed by atoms with Crippen molar-refractivity contribution in [2.45, 2.75) is 12.5 Å². The van der Waals surface area contributed by atoms with Gasteiger partial charge in [0.25, 0.3) is 0 Å². The molecule has 2 aromatic rings. The molecule has 0 spiro atoms. The Morgan fingerprint density at radius 3 is 2.65 bits per heavy atom. The Labute approximate surface area is 121 Å². The molecule has 1 aliphatic heterocycles. The van der Waals surface area contributed by atoms with Crippen LogP contribution in [0.15, 0.2) is 36.4 Å². The van der Waals surface area contributed by atoms with Gasteiger partial charge in [-0.3, -0.25) is 4.79 Å². The van der Waals surface area contributed by atoms with E-state index in [0.717, 1.165) is 16.3 Å². The number of carbonyl (C=O) groups is 2. The van der Waals surface area contributed by atoms with E-state index in [1.807, 2.05) is 36.4 Å². The van der Waals surface area contributed by atoms with Crippen molar-refractivity contribution in [1.29, 1.82) is 0 Å². The normalized spacial score (nSPS) is 22.9. The van der Waals surface area contributed by atoms with E-state index in [-0.39, 0.29) is 24.9 Å². The van der Waals surface area contributed by atoms with Gasteiger partial charge in [-0.2, -0.15) is 0 Å². The van der Waals surface area contributed by atoms with Crippen LogP contribution in [-0.2, 0) is 14.3 Å². The molecule has 1 heterocycles. The number of aldehydes is 1. The summed E-state index contributed by atoms with van der Waals surface area (Å²) in [6.45, 7) is 0.147. The lowest BCUT2D eigenvalue weighted by Gasteiger charge is -2.26. The number of ketones is 1. The van der Waals surface area contributed by atoms with E-state index in [1.54, 1.807) is 0 Å². The largest absolute Gasteiger partial charge is 0.372 e. The van der Waals surface area contributed by atoms with Crippen molar-refractivity contribution in [3.05, 3.63) is 47.0 Å². The minimum atomic E-state index is -0.628. The summed E-state index contributed by atoms with van der Waals surface area (Å²) in [6.07, 6.45) is 0.546. The van der Waals surface area contributed by atoms with Gasteiger partial charge in [0.2, 0.25) is 0 Å². The molecule has 102 valence electrons. The number of rotatable bonds is 2. The highest BCUT2D eigenvalue weighted by atomic mass is 35.5. The molecule has 4 heteroatoms. The molecule has 1 saturated heterocycles. The van der Waals surface area contributed by atoms with Crippen LogP contribution in [-0.4, -0.2) is 18.7 Å². The van der Waals surface area contributed by atoms with E-state index in [2.05, 4.69) is 0 Å². The van der Waals surface area contributed by atoms with E-state index in [0.29, 0.717) is 11.3 Å². The predicted molar refractivity (Wildman–Crippen MR) is 76.8 cm³/mol. The molecule has 2 atom stereocenters. The zero-order valence-corrected chi connectivity index (χ0v) is 11.5. The molecule has 3 rings (SSSR count). The molecule has 0 aromatic heterocycles. The van der Waals surface area contributed by atoms with Gasteiger partial charge in [0.05, 0.1) is 18.6 Å². The Hall–Kier alpha value is -1.71. The van der Waals surface area contributed by atoms with E-state index < -0.39 is 5.92 Å². The smallest absolute Gasteiger partial charge is 0.148 e. The summed E-state index contributed by atoms with van der Waals surface area (Å²) >= 11 is 6.28. The highest BCUT2D eigenvalue weighted by Crippen LogP contribution is 2.35. The van der Waals surface area contributed by atoms with Crippen molar-refractivity contribution in [2.24, 2.45) is 5.92 Å². The van der Waals surface area contributed by atoms with Gasteiger partial charge in [0.15, 0.2) is 0 Å². The standard InChI is InChI=1S/C16H13ClO3/c17-13-6-2-4-10-3-1-5-12(16(10)13)15-7-14(19)11(8-18)9-20-15/h1-6,8,11,15H,7,9H2. The Morgan fingerprint density at radius 2 is 1.95 bits per heavy atom. The molecule has 0 amide bonds. The first-order valence-corrected chi connectivity index (χ1v) is 6.85. The van der Waals surface area contributed by atoms with Crippen LogP contribution in [0.3, 0.4) is 0 Å². The molecule has 1 fully saturated rings. The third kappa shape index (κ3) is 2.23. The van der Waals surface area contributed by atoms with Crippen LogP contribution in [0, 0.1) is 5.92 Å². The van der Waals surface area contributed by atoms with Gasteiger partial charge < -0.3 is 9.53 Å². The molecule has 0 aliphatic carbocycles. The Morgan fingerprint density at radius 1 is 1.20 bits per heavy atom. The van der Waals surface area contributed by atoms with Crippen molar-refractivity contribution in [3.63, 3.8) is 0 Å².